The molecule has 0 aliphatic carbocycles. The van der Waals surface area contributed by atoms with Crippen LogP contribution in [0.5, 0.6) is 0 Å². The van der Waals surface area contributed by atoms with E-state index in [-0.39, 0.29) is 17.5 Å². The summed E-state index contributed by atoms with van der Waals surface area (Å²) in [7, 11) is -1.99. The van der Waals surface area contributed by atoms with Crippen molar-refractivity contribution in [1.82, 2.24) is 4.72 Å². The van der Waals surface area contributed by atoms with E-state index >= 15 is 0 Å². The number of sulfonamides is 1. The van der Waals surface area contributed by atoms with Crippen LogP contribution in [0.25, 0.3) is 0 Å². The molecular weight excluding hydrogens is 266 g/mol. The van der Waals surface area contributed by atoms with Crippen molar-refractivity contribution in [3.8, 4) is 0 Å². The van der Waals surface area contributed by atoms with Gasteiger partial charge in [-0.1, -0.05) is 25.5 Å². The number of aliphatic hydroxyl groups is 1. The maximum Gasteiger partial charge on any atom is 0.240 e. The smallest absolute Gasteiger partial charge is 0.240 e. The van der Waals surface area contributed by atoms with Crippen LogP contribution in [-0.4, -0.2) is 33.3 Å². The van der Waals surface area contributed by atoms with Crippen LogP contribution in [0.3, 0.4) is 0 Å². The van der Waals surface area contributed by atoms with Gasteiger partial charge >= 0.3 is 0 Å². The Morgan fingerprint density at radius 1 is 1.32 bits per heavy atom. The molecule has 1 aromatic rings. The van der Waals surface area contributed by atoms with Crippen LogP contribution < -0.4 is 4.72 Å². The monoisotopic (exact) mass is 287 g/mol. The second kappa shape index (κ2) is 7.59. The van der Waals surface area contributed by atoms with Crippen LogP contribution in [0.1, 0.15) is 25.3 Å². The third-order valence-electron chi connectivity index (χ3n) is 2.74. The van der Waals surface area contributed by atoms with Crippen LogP contribution in [0, 0.1) is 0 Å². The van der Waals surface area contributed by atoms with E-state index in [2.05, 4.69) is 4.72 Å². The minimum atomic E-state index is -3.54. The molecule has 108 valence electrons. The van der Waals surface area contributed by atoms with Crippen molar-refractivity contribution in [2.75, 3.05) is 13.7 Å². The molecule has 2 N–H and O–H groups in total. The Balaban J connectivity index is 2.83. The highest BCUT2D eigenvalue weighted by molar-refractivity contribution is 7.89. The van der Waals surface area contributed by atoms with E-state index in [0.717, 1.165) is 12.8 Å². The van der Waals surface area contributed by atoms with Crippen LogP contribution >= 0.6 is 0 Å². The van der Waals surface area contributed by atoms with E-state index in [1.807, 2.05) is 6.92 Å². The van der Waals surface area contributed by atoms with Gasteiger partial charge in [0.2, 0.25) is 10.0 Å². The van der Waals surface area contributed by atoms with Crippen LogP contribution in [0.2, 0.25) is 0 Å². The molecule has 0 fully saturated rings. The SMILES string of the molecule is CCCC(COC)NS(=O)(=O)c1ccc(CO)cc1. The highest BCUT2D eigenvalue weighted by atomic mass is 32.2. The lowest BCUT2D eigenvalue weighted by molar-refractivity contribution is 0.171. The fourth-order valence-electron chi connectivity index (χ4n) is 1.79. The average molecular weight is 287 g/mol. The summed E-state index contributed by atoms with van der Waals surface area (Å²) in [6.45, 7) is 2.24. The Hall–Kier alpha value is -0.950. The topological polar surface area (TPSA) is 75.6 Å². The molecule has 6 heteroatoms. The number of nitrogens with one attached hydrogen (secondary N) is 1. The number of benzene rings is 1. The van der Waals surface area contributed by atoms with Crippen LogP contribution in [-0.2, 0) is 21.4 Å². The average Bonchev–Trinajstić information content (AvgIpc) is 2.39. The number of ether oxygens (including phenoxy) is 1. The third-order valence-corrected chi connectivity index (χ3v) is 4.28. The number of methoxy groups -OCH3 is 1. The molecule has 0 spiro atoms. The maximum atomic E-state index is 12.2. The molecular formula is C13H21NO4S. The molecule has 1 rings (SSSR count). The van der Waals surface area contributed by atoms with E-state index in [4.69, 9.17) is 9.84 Å². The predicted octanol–water partition coefficient (Wildman–Crippen LogP) is 1.27. The largest absolute Gasteiger partial charge is 0.392 e. The Morgan fingerprint density at radius 3 is 2.42 bits per heavy atom. The van der Waals surface area contributed by atoms with Gasteiger partial charge in [0.1, 0.15) is 0 Å². The van der Waals surface area contributed by atoms with E-state index < -0.39 is 10.0 Å². The second-order valence-corrected chi connectivity index (χ2v) is 6.08. The molecule has 0 bridgehead atoms. The van der Waals surface area contributed by atoms with Gasteiger partial charge < -0.3 is 9.84 Å². The first-order chi connectivity index (χ1) is 9.03. The van der Waals surface area contributed by atoms with Gasteiger partial charge in [-0.15, -0.1) is 0 Å². The van der Waals surface area contributed by atoms with E-state index in [1.165, 1.54) is 12.1 Å². The van der Waals surface area contributed by atoms with Crippen molar-refractivity contribution in [2.45, 2.75) is 37.3 Å². The number of rotatable bonds is 8. The van der Waals surface area contributed by atoms with Crippen molar-refractivity contribution in [3.05, 3.63) is 29.8 Å². The molecule has 1 atom stereocenters. The fourth-order valence-corrected chi connectivity index (χ4v) is 3.04. The zero-order valence-electron chi connectivity index (χ0n) is 11.3. The lowest BCUT2D eigenvalue weighted by Gasteiger charge is -2.17. The minimum Gasteiger partial charge on any atom is -0.392 e. The third kappa shape index (κ3) is 4.91. The van der Waals surface area contributed by atoms with Crippen molar-refractivity contribution in [1.29, 1.82) is 0 Å². The highest BCUT2D eigenvalue weighted by Crippen LogP contribution is 2.12. The van der Waals surface area contributed by atoms with Gasteiger partial charge in [0, 0.05) is 13.2 Å². The van der Waals surface area contributed by atoms with Gasteiger partial charge in [-0.25, -0.2) is 13.1 Å². The Bertz CT molecular complexity index is 464. The number of hydrogen-bond donors (Lipinski definition) is 2. The van der Waals surface area contributed by atoms with E-state index in [9.17, 15) is 8.42 Å². The van der Waals surface area contributed by atoms with Crippen molar-refractivity contribution < 1.29 is 18.3 Å². The lowest BCUT2D eigenvalue weighted by Crippen LogP contribution is -2.37. The van der Waals surface area contributed by atoms with Crippen LogP contribution in [0.15, 0.2) is 29.2 Å². The number of aliphatic hydroxyl groups excluding tert-OH is 1. The summed E-state index contributed by atoms with van der Waals surface area (Å²) in [5.41, 5.74) is 0.681. The Kier molecular flexibility index (Phi) is 6.44. The molecule has 0 amide bonds. The van der Waals surface area contributed by atoms with E-state index in [1.54, 1.807) is 19.2 Å². The molecule has 0 aliphatic heterocycles. The molecule has 0 aromatic heterocycles. The molecule has 19 heavy (non-hydrogen) atoms. The van der Waals surface area contributed by atoms with Gasteiger partial charge in [-0.3, -0.25) is 0 Å². The molecule has 0 aliphatic rings. The molecule has 0 saturated carbocycles. The zero-order valence-corrected chi connectivity index (χ0v) is 12.1. The summed E-state index contributed by atoms with van der Waals surface area (Å²) < 4.78 is 32.0. The molecule has 0 heterocycles. The summed E-state index contributed by atoms with van der Waals surface area (Å²) in [5.74, 6) is 0. The first-order valence-corrected chi connectivity index (χ1v) is 7.73. The molecule has 1 unspecified atom stereocenters. The summed E-state index contributed by atoms with van der Waals surface area (Å²) in [6, 6.07) is 5.95. The molecule has 0 radical (unpaired) electrons. The molecule has 0 saturated heterocycles. The quantitative estimate of drug-likeness (QED) is 0.755. The van der Waals surface area contributed by atoms with E-state index in [0.29, 0.717) is 12.2 Å². The van der Waals surface area contributed by atoms with Gasteiger partial charge in [-0.2, -0.15) is 0 Å². The van der Waals surface area contributed by atoms with Gasteiger partial charge in [0.15, 0.2) is 0 Å². The van der Waals surface area contributed by atoms with Gasteiger partial charge in [-0.05, 0) is 24.1 Å². The standard InChI is InChI=1S/C13H21NO4S/c1-3-4-12(10-18-2)14-19(16,17)13-7-5-11(9-15)6-8-13/h5-8,12,14-15H,3-4,9-10H2,1-2H3. The summed E-state index contributed by atoms with van der Waals surface area (Å²) >= 11 is 0. The first-order valence-electron chi connectivity index (χ1n) is 6.24. The van der Waals surface area contributed by atoms with Crippen molar-refractivity contribution in [2.24, 2.45) is 0 Å². The predicted molar refractivity (Wildman–Crippen MR) is 73.3 cm³/mol. The summed E-state index contributed by atoms with van der Waals surface area (Å²) in [6.07, 6.45) is 1.60. The Labute approximate surface area is 114 Å². The van der Waals surface area contributed by atoms with Crippen molar-refractivity contribution >= 4 is 10.0 Å². The van der Waals surface area contributed by atoms with Gasteiger partial charge in [0.05, 0.1) is 18.1 Å². The van der Waals surface area contributed by atoms with Crippen molar-refractivity contribution in [3.63, 3.8) is 0 Å². The fraction of sp³-hybridized carbons (Fsp3) is 0.538. The minimum absolute atomic E-state index is 0.101. The molecule has 1 aromatic carbocycles. The van der Waals surface area contributed by atoms with Gasteiger partial charge in [0.25, 0.3) is 0 Å². The molecule has 5 nitrogen and oxygen atoms in total. The lowest BCUT2D eigenvalue weighted by atomic mass is 10.2. The second-order valence-electron chi connectivity index (χ2n) is 4.36. The summed E-state index contributed by atoms with van der Waals surface area (Å²) in [5, 5.41) is 8.94. The highest BCUT2D eigenvalue weighted by Gasteiger charge is 2.19. The Morgan fingerprint density at radius 2 is 1.95 bits per heavy atom. The normalized spacial score (nSPS) is 13.4. The zero-order chi connectivity index (χ0) is 14.3. The number of hydrogen-bond acceptors (Lipinski definition) is 4. The maximum absolute atomic E-state index is 12.2. The first kappa shape index (κ1) is 16.1. The van der Waals surface area contributed by atoms with Crippen LogP contribution in [0.4, 0.5) is 0 Å². The summed E-state index contributed by atoms with van der Waals surface area (Å²) in [4.78, 5) is 0.196.